The van der Waals surface area contributed by atoms with Gasteiger partial charge in [-0.15, -0.1) is 10.2 Å². The molecule has 4 heteroatoms. The molecular weight excluding hydrogens is 262 g/mol. The first-order valence-electron chi connectivity index (χ1n) is 8.82. The second kappa shape index (κ2) is 9.19. The van der Waals surface area contributed by atoms with E-state index in [1.165, 1.54) is 70.8 Å². The third kappa shape index (κ3) is 6.60. The molecule has 0 aromatic carbocycles. The Morgan fingerprint density at radius 3 is 2.24 bits per heavy atom. The van der Waals surface area contributed by atoms with Crippen molar-refractivity contribution in [3.05, 3.63) is 11.8 Å². The minimum atomic E-state index is 0.674. The van der Waals surface area contributed by atoms with Gasteiger partial charge in [-0.2, -0.15) is 0 Å². The van der Waals surface area contributed by atoms with E-state index in [4.69, 9.17) is 4.42 Å². The summed E-state index contributed by atoms with van der Waals surface area (Å²) >= 11 is 0. The number of aromatic nitrogens is 2. The zero-order valence-corrected chi connectivity index (χ0v) is 13.8. The lowest BCUT2D eigenvalue weighted by molar-refractivity contribution is 0.222. The molecule has 0 unspecified atom stereocenters. The van der Waals surface area contributed by atoms with Crippen LogP contribution in [0.3, 0.4) is 0 Å². The lowest BCUT2D eigenvalue weighted by atomic mass is 10.1. The Morgan fingerprint density at radius 1 is 1.00 bits per heavy atom. The van der Waals surface area contributed by atoms with Crippen molar-refractivity contribution >= 4 is 0 Å². The number of hydrogen-bond donors (Lipinski definition) is 0. The van der Waals surface area contributed by atoms with E-state index < -0.39 is 0 Å². The average Bonchev–Trinajstić information content (AvgIpc) is 3.24. The van der Waals surface area contributed by atoms with Crippen molar-refractivity contribution < 1.29 is 4.42 Å². The summed E-state index contributed by atoms with van der Waals surface area (Å²) < 4.78 is 5.51. The third-order valence-electron chi connectivity index (χ3n) is 4.27. The van der Waals surface area contributed by atoms with Gasteiger partial charge in [0, 0.05) is 13.0 Å². The Balaban J connectivity index is 1.56. The number of rotatable bonds is 12. The number of aryl methyl sites for hydroxylation is 1. The molecule has 0 spiro atoms. The molecule has 1 heterocycles. The van der Waals surface area contributed by atoms with Crippen molar-refractivity contribution in [2.24, 2.45) is 0 Å². The lowest BCUT2D eigenvalue weighted by Gasteiger charge is -2.19. The SMILES string of the molecule is CCCCCCCCCCN(Cc1nnc(C)o1)C1CC1. The summed E-state index contributed by atoms with van der Waals surface area (Å²) in [6.07, 6.45) is 13.7. The monoisotopic (exact) mass is 293 g/mol. The van der Waals surface area contributed by atoms with Crippen LogP contribution in [0.1, 0.15) is 82.9 Å². The first-order chi connectivity index (χ1) is 10.3. The zero-order valence-electron chi connectivity index (χ0n) is 13.8. The molecule has 0 atom stereocenters. The minimum Gasteiger partial charge on any atom is -0.424 e. The molecule has 120 valence electrons. The van der Waals surface area contributed by atoms with Crippen LogP contribution < -0.4 is 0 Å². The molecular formula is C17H31N3O. The van der Waals surface area contributed by atoms with Gasteiger partial charge in [-0.3, -0.25) is 4.90 Å². The van der Waals surface area contributed by atoms with E-state index in [0.717, 1.165) is 18.5 Å². The predicted molar refractivity (Wildman–Crippen MR) is 85.1 cm³/mol. The Kier molecular flexibility index (Phi) is 7.20. The second-order valence-corrected chi connectivity index (χ2v) is 6.39. The van der Waals surface area contributed by atoms with Gasteiger partial charge in [0.05, 0.1) is 6.54 Å². The first-order valence-corrected chi connectivity index (χ1v) is 8.82. The summed E-state index contributed by atoms with van der Waals surface area (Å²) in [5.74, 6) is 1.45. The summed E-state index contributed by atoms with van der Waals surface area (Å²) in [4.78, 5) is 2.53. The maximum absolute atomic E-state index is 5.51. The molecule has 21 heavy (non-hydrogen) atoms. The maximum Gasteiger partial charge on any atom is 0.230 e. The van der Waals surface area contributed by atoms with Gasteiger partial charge in [-0.25, -0.2) is 0 Å². The first kappa shape index (κ1) is 16.5. The molecule has 1 aliphatic rings. The van der Waals surface area contributed by atoms with Crippen LogP contribution in [0.2, 0.25) is 0 Å². The van der Waals surface area contributed by atoms with E-state index in [1.54, 1.807) is 0 Å². The highest BCUT2D eigenvalue weighted by Gasteiger charge is 2.29. The summed E-state index contributed by atoms with van der Waals surface area (Å²) in [6.45, 7) is 6.15. The van der Waals surface area contributed by atoms with Gasteiger partial charge in [0.1, 0.15) is 0 Å². The minimum absolute atomic E-state index is 0.674. The van der Waals surface area contributed by atoms with Crippen molar-refractivity contribution in [2.45, 2.75) is 90.6 Å². The van der Waals surface area contributed by atoms with Gasteiger partial charge in [0.2, 0.25) is 11.8 Å². The largest absolute Gasteiger partial charge is 0.424 e. The molecule has 0 aliphatic heterocycles. The van der Waals surface area contributed by atoms with Gasteiger partial charge in [-0.05, 0) is 25.8 Å². The van der Waals surface area contributed by atoms with Crippen molar-refractivity contribution in [2.75, 3.05) is 6.54 Å². The van der Waals surface area contributed by atoms with Crippen LogP contribution in [0, 0.1) is 6.92 Å². The number of unbranched alkanes of at least 4 members (excludes halogenated alkanes) is 7. The lowest BCUT2D eigenvalue weighted by Crippen LogP contribution is -2.26. The molecule has 0 bridgehead atoms. The molecule has 0 radical (unpaired) electrons. The van der Waals surface area contributed by atoms with Gasteiger partial charge in [-0.1, -0.05) is 51.9 Å². The van der Waals surface area contributed by atoms with Gasteiger partial charge in [0.25, 0.3) is 0 Å². The summed E-state index contributed by atoms with van der Waals surface area (Å²) in [6, 6.07) is 0.766. The molecule has 2 rings (SSSR count). The van der Waals surface area contributed by atoms with Gasteiger partial charge < -0.3 is 4.42 Å². The fourth-order valence-electron chi connectivity index (χ4n) is 2.85. The van der Waals surface area contributed by atoms with Crippen LogP contribution in [0.5, 0.6) is 0 Å². The summed E-state index contributed by atoms with van der Waals surface area (Å²) in [5.41, 5.74) is 0. The quantitative estimate of drug-likeness (QED) is 0.533. The standard InChI is InChI=1S/C17H31N3O/c1-3-4-5-6-7-8-9-10-13-20(16-11-12-16)14-17-19-18-15(2)21-17/h16H,3-14H2,1-2H3. The van der Waals surface area contributed by atoms with Crippen molar-refractivity contribution in [1.82, 2.24) is 15.1 Å². The maximum atomic E-state index is 5.51. The van der Waals surface area contributed by atoms with E-state index in [0.29, 0.717) is 5.89 Å². The van der Waals surface area contributed by atoms with E-state index in [-0.39, 0.29) is 0 Å². The number of nitrogens with zero attached hydrogens (tertiary/aromatic N) is 3. The van der Waals surface area contributed by atoms with Crippen LogP contribution in [0.15, 0.2) is 4.42 Å². The summed E-state index contributed by atoms with van der Waals surface area (Å²) in [7, 11) is 0. The van der Waals surface area contributed by atoms with E-state index in [1.807, 2.05) is 6.92 Å². The van der Waals surface area contributed by atoms with Crippen LogP contribution in [0.4, 0.5) is 0 Å². The molecule has 1 saturated carbocycles. The Hall–Kier alpha value is -0.900. The molecule has 0 saturated heterocycles. The Bertz CT molecular complexity index is 387. The number of hydrogen-bond acceptors (Lipinski definition) is 4. The van der Waals surface area contributed by atoms with Crippen LogP contribution >= 0.6 is 0 Å². The van der Waals surface area contributed by atoms with Crippen molar-refractivity contribution in [3.8, 4) is 0 Å². The third-order valence-corrected chi connectivity index (χ3v) is 4.27. The van der Waals surface area contributed by atoms with Crippen molar-refractivity contribution in [3.63, 3.8) is 0 Å². The van der Waals surface area contributed by atoms with Crippen LogP contribution in [-0.2, 0) is 6.54 Å². The van der Waals surface area contributed by atoms with E-state index in [9.17, 15) is 0 Å². The highest BCUT2D eigenvalue weighted by atomic mass is 16.4. The topological polar surface area (TPSA) is 42.2 Å². The Morgan fingerprint density at radius 2 is 1.67 bits per heavy atom. The zero-order chi connectivity index (χ0) is 14.9. The van der Waals surface area contributed by atoms with Gasteiger partial charge >= 0.3 is 0 Å². The molecule has 1 aliphatic carbocycles. The van der Waals surface area contributed by atoms with Crippen LogP contribution in [-0.4, -0.2) is 27.7 Å². The fourth-order valence-corrected chi connectivity index (χ4v) is 2.85. The average molecular weight is 293 g/mol. The molecule has 4 nitrogen and oxygen atoms in total. The van der Waals surface area contributed by atoms with Gasteiger partial charge in [0.15, 0.2) is 0 Å². The molecule has 0 N–H and O–H groups in total. The summed E-state index contributed by atoms with van der Waals surface area (Å²) in [5, 5.41) is 8.04. The van der Waals surface area contributed by atoms with Crippen molar-refractivity contribution in [1.29, 1.82) is 0 Å². The Labute approximate surface area is 129 Å². The fraction of sp³-hybridized carbons (Fsp3) is 0.882. The van der Waals surface area contributed by atoms with E-state index in [2.05, 4.69) is 22.0 Å². The highest BCUT2D eigenvalue weighted by molar-refractivity contribution is 4.88. The van der Waals surface area contributed by atoms with E-state index >= 15 is 0 Å². The predicted octanol–water partition coefficient (Wildman–Crippen LogP) is 4.48. The normalized spacial score (nSPS) is 15.0. The molecule has 1 fully saturated rings. The molecule has 0 amide bonds. The smallest absolute Gasteiger partial charge is 0.230 e. The highest BCUT2D eigenvalue weighted by Crippen LogP contribution is 2.28. The second-order valence-electron chi connectivity index (χ2n) is 6.39. The molecule has 1 aromatic rings. The van der Waals surface area contributed by atoms with Crippen LogP contribution in [0.25, 0.3) is 0 Å². The molecule has 1 aromatic heterocycles.